The molecule has 0 bridgehead atoms. The van der Waals surface area contributed by atoms with Crippen LogP contribution in [0.15, 0.2) is 0 Å². The Balaban J connectivity index is 1.75. The van der Waals surface area contributed by atoms with Gasteiger partial charge in [0, 0.05) is 0 Å². The van der Waals surface area contributed by atoms with E-state index >= 15 is 0 Å². The van der Waals surface area contributed by atoms with Gasteiger partial charge in [-0.3, -0.25) is 0 Å². The predicted octanol–water partition coefficient (Wildman–Crippen LogP) is -7.23. The van der Waals surface area contributed by atoms with Crippen LogP contribution < -0.4 is 0 Å². The average molecular weight is 504 g/mol. The molecule has 34 heavy (non-hydrogen) atoms. The van der Waals surface area contributed by atoms with E-state index in [0.29, 0.717) is 0 Å². The van der Waals surface area contributed by atoms with E-state index in [-0.39, 0.29) is 0 Å². The molecule has 3 aliphatic heterocycles. The summed E-state index contributed by atoms with van der Waals surface area (Å²) < 4.78 is 26.3. The van der Waals surface area contributed by atoms with Gasteiger partial charge in [0.2, 0.25) is 0 Å². The SMILES string of the molecule is C[C@]1(O[C@@H]2[C@H](O)[C@@H](O)[C@H](O[C@H]3[C@H](O)C(O)C(O)O[C@@H]3CO)O[C@@H]2CO)OC(O)[C@@H](O)[C@H](O)[C@@H]1O. The van der Waals surface area contributed by atoms with Gasteiger partial charge in [0.1, 0.15) is 67.1 Å². The summed E-state index contributed by atoms with van der Waals surface area (Å²) in [7, 11) is 0. The van der Waals surface area contributed by atoms with Crippen molar-refractivity contribution in [3.63, 3.8) is 0 Å². The highest BCUT2D eigenvalue weighted by atomic mass is 16.8. The monoisotopic (exact) mass is 504 g/mol. The van der Waals surface area contributed by atoms with Gasteiger partial charge >= 0.3 is 0 Å². The van der Waals surface area contributed by atoms with E-state index in [4.69, 9.17) is 23.7 Å². The molecule has 0 aromatic heterocycles. The van der Waals surface area contributed by atoms with Crippen LogP contribution in [0.25, 0.3) is 0 Å². The summed E-state index contributed by atoms with van der Waals surface area (Å²) in [5.41, 5.74) is 0. The van der Waals surface area contributed by atoms with Crippen molar-refractivity contribution in [2.24, 2.45) is 0 Å². The summed E-state index contributed by atoms with van der Waals surface area (Å²) in [5, 5.41) is 110. The van der Waals surface area contributed by atoms with Crippen molar-refractivity contribution in [3.8, 4) is 0 Å². The molecule has 16 heteroatoms. The number of hydrogen-bond donors (Lipinski definition) is 11. The van der Waals surface area contributed by atoms with Crippen molar-refractivity contribution >= 4 is 0 Å². The van der Waals surface area contributed by atoms with Gasteiger partial charge in [0.25, 0.3) is 0 Å². The van der Waals surface area contributed by atoms with Crippen molar-refractivity contribution in [2.45, 2.75) is 98.7 Å². The molecular weight excluding hydrogens is 472 g/mol. The minimum absolute atomic E-state index is 0.768. The largest absolute Gasteiger partial charge is 0.394 e. The molecule has 200 valence electrons. The molecule has 0 aromatic rings. The van der Waals surface area contributed by atoms with Crippen molar-refractivity contribution in [3.05, 3.63) is 0 Å². The van der Waals surface area contributed by atoms with E-state index in [1.165, 1.54) is 0 Å². The van der Waals surface area contributed by atoms with Crippen LogP contribution in [-0.2, 0) is 23.7 Å². The summed E-state index contributed by atoms with van der Waals surface area (Å²) in [6, 6.07) is 0. The fourth-order valence-electron chi connectivity index (χ4n) is 4.11. The minimum atomic E-state index is -2.23. The maximum Gasteiger partial charge on any atom is 0.197 e. The molecule has 3 rings (SSSR count). The van der Waals surface area contributed by atoms with Gasteiger partial charge in [-0.15, -0.1) is 0 Å². The molecule has 0 aromatic carbocycles. The van der Waals surface area contributed by atoms with Crippen LogP contribution in [0.3, 0.4) is 0 Å². The molecule has 3 unspecified atom stereocenters. The maximum atomic E-state index is 10.6. The highest BCUT2D eigenvalue weighted by molar-refractivity contribution is 4.98. The Labute approximate surface area is 192 Å². The number of aliphatic hydroxyl groups is 11. The van der Waals surface area contributed by atoms with Crippen molar-refractivity contribution in [2.75, 3.05) is 13.2 Å². The summed E-state index contributed by atoms with van der Waals surface area (Å²) in [5.74, 6) is -2.23. The Morgan fingerprint density at radius 3 is 1.76 bits per heavy atom. The van der Waals surface area contributed by atoms with E-state index in [2.05, 4.69) is 0 Å². The molecule has 0 spiro atoms. The summed E-state index contributed by atoms with van der Waals surface area (Å²) >= 11 is 0. The van der Waals surface area contributed by atoms with E-state index in [1.54, 1.807) is 0 Å². The molecular formula is C18H32O16. The Morgan fingerprint density at radius 1 is 0.647 bits per heavy atom. The Hall–Kier alpha value is -0.640. The lowest BCUT2D eigenvalue weighted by atomic mass is 9.94. The first-order chi connectivity index (χ1) is 15.9. The van der Waals surface area contributed by atoms with E-state index in [1.807, 2.05) is 0 Å². The second-order valence-corrected chi connectivity index (χ2v) is 8.57. The number of ether oxygens (including phenoxy) is 5. The van der Waals surface area contributed by atoms with Gasteiger partial charge in [-0.2, -0.15) is 0 Å². The van der Waals surface area contributed by atoms with Crippen LogP contribution in [0.1, 0.15) is 6.92 Å². The van der Waals surface area contributed by atoms with Gasteiger partial charge in [-0.1, -0.05) is 0 Å². The van der Waals surface area contributed by atoms with Crippen molar-refractivity contribution in [1.29, 1.82) is 0 Å². The molecule has 0 amide bonds. The summed E-state index contributed by atoms with van der Waals surface area (Å²) in [6.07, 6.45) is -24.8. The highest BCUT2D eigenvalue weighted by Gasteiger charge is 2.57. The number of rotatable bonds is 6. The lowest BCUT2D eigenvalue weighted by Gasteiger charge is -2.50. The highest BCUT2D eigenvalue weighted by Crippen LogP contribution is 2.36. The van der Waals surface area contributed by atoms with Gasteiger partial charge < -0.3 is 79.9 Å². The molecule has 3 fully saturated rings. The first kappa shape index (κ1) is 27.9. The van der Waals surface area contributed by atoms with E-state index in [0.717, 1.165) is 6.92 Å². The molecule has 11 N–H and O–H groups in total. The number of aliphatic hydroxyl groups excluding tert-OH is 11. The molecule has 0 aliphatic carbocycles. The van der Waals surface area contributed by atoms with Gasteiger partial charge in [-0.25, -0.2) is 0 Å². The third-order valence-corrected chi connectivity index (χ3v) is 6.18. The molecule has 15 atom stereocenters. The fourth-order valence-corrected chi connectivity index (χ4v) is 4.11. The number of hydrogen-bond acceptors (Lipinski definition) is 16. The van der Waals surface area contributed by atoms with Crippen molar-refractivity contribution in [1.82, 2.24) is 0 Å². The first-order valence-corrected chi connectivity index (χ1v) is 10.5. The zero-order valence-electron chi connectivity index (χ0n) is 18.0. The Morgan fingerprint density at radius 2 is 1.18 bits per heavy atom. The lowest BCUT2D eigenvalue weighted by molar-refractivity contribution is -0.422. The van der Waals surface area contributed by atoms with Gasteiger partial charge in [-0.05, 0) is 6.92 Å². The average Bonchev–Trinajstić information content (AvgIpc) is 2.81. The molecule has 3 heterocycles. The zero-order chi connectivity index (χ0) is 25.5. The van der Waals surface area contributed by atoms with Crippen LogP contribution >= 0.6 is 0 Å². The molecule has 3 saturated heterocycles. The zero-order valence-corrected chi connectivity index (χ0v) is 18.0. The minimum Gasteiger partial charge on any atom is -0.394 e. The normalized spacial score (nSPS) is 54.7. The fraction of sp³-hybridized carbons (Fsp3) is 1.00. The quantitative estimate of drug-likeness (QED) is 0.160. The lowest BCUT2D eigenvalue weighted by Crippen LogP contribution is -2.69. The third-order valence-electron chi connectivity index (χ3n) is 6.18. The smallest absolute Gasteiger partial charge is 0.197 e. The van der Waals surface area contributed by atoms with E-state index < -0.39 is 105 Å². The molecule has 16 nitrogen and oxygen atoms in total. The second-order valence-electron chi connectivity index (χ2n) is 8.57. The van der Waals surface area contributed by atoms with Crippen LogP contribution in [0.4, 0.5) is 0 Å². The van der Waals surface area contributed by atoms with E-state index in [9.17, 15) is 56.2 Å². The van der Waals surface area contributed by atoms with Crippen LogP contribution in [0.2, 0.25) is 0 Å². The third kappa shape index (κ3) is 5.09. The van der Waals surface area contributed by atoms with Gasteiger partial charge in [0.05, 0.1) is 13.2 Å². The first-order valence-electron chi connectivity index (χ1n) is 10.5. The van der Waals surface area contributed by atoms with Crippen LogP contribution in [-0.4, -0.2) is 161 Å². The predicted molar refractivity (Wildman–Crippen MR) is 101 cm³/mol. The molecule has 0 radical (unpaired) electrons. The second kappa shape index (κ2) is 10.8. The van der Waals surface area contributed by atoms with Crippen LogP contribution in [0, 0.1) is 0 Å². The maximum absolute atomic E-state index is 10.6. The molecule has 3 aliphatic rings. The Bertz CT molecular complexity index is 666. The van der Waals surface area contributed by atoms with Crippen molar-refractivity contribution < 1.29 is 79.9 Å². The standard InChI is InChI=1S/C18H32O16/c1-18(14(27)8(23)10(25)16(29)34-18)33-13-5(3-20)31-17(11(26)7(13)22)32-12-4(2-19)30-15(28)9(24)6(12)21/h4-17,19-29H,2-3H2,1H3/t4-,5-,6-,7-,8+,9?,10+,11-,12-,13+,14+,15?,16?,17+,18+/m1/s1. The Kier molecular flexibility index (Phi) is 8.85. The summed E-state index contributed by atoms with van der Waals surface area (Å²) in [4.78, 5) is 0. The van der Waals surface area contributed by atoms with Crippen LogP contribution in [0.5, 0.6) is 0 Å². The summed E-state index contributed by atoms with van der Waals surface area (Å²) in [6.45, 7) is -0.542. The van der Waals surface area contributed by atoms with Gasteiger partial charge in [0.15, 0.2) is 24.7 Å². The molecule has 0 saturated carbocycles. The topological polar surface area (TPSA) is 269 Å².